The molecule has 0 unspecified atom stereocenters. The molecule has 4 rings (SSSR count). The zero-order valence-electron chi connectivity index (χ0n) is 21.9. The SMILES string of the molecule is CC(C)(C)NC(=O)OCC1CCC(N2CC(NC(=O)CNc3ncnc4ccc(C(F)(F)F)cc34)C2)CC1. The lowest BCUT2D eigenvalue weighted by atomic mass is 9.84. The van der Waals surface area contributed by atoms with Crippen LogP contribution in [-0.4, -0.2) is 70.7 Å². The number of amides is 2. The Bertz CT molecular complexity index is 1140. The number of fused-ring (bicyclic) bond motifs is 1. The van der Waals surface area contributed by atoms with Gasteiger partial charge in [0.05, 0.1) is 30.3 Å². The van der Waals surface area contributed by atoms with Crippen molar-refractivity contribution in [1.29, 1.82) is 0 Å². The molecule has 2 aliphatic rings. The highest BCUT2D eigenvalue weighted by molar-refractivity contribution is 5.91. The predicted octanol–water partition coefficient (Wildman–Crippen LogP) is 3.94. The van der Waals surface area contributed by atoms with Crippen molar-refractivity contribution in [2.24, 2.45) is 5.92 Å². The van der Waals surface area contributed by atoms with E-state index in [9.17, 15) is 22.8 Å². The van der Waals surface area contributed by atoms with Crippen LogP contribution in [0.3, 0.4) is 0 Å². The highest BCUT2D eigenvalue weighted by atomic mass is 19.4. The van der Waals surface area contributed by atoms with Crippen molar-refractivity contribution in [2.45, 2.75) is 70.3 Å². The molecule has 38 heavy (non-hydrogen) atoms. The number of alkyl halides is 3. The van der Waals surface area contributed by atoms with Crippen molar-refractivity contribution in [3.05, 3.63) is 30.1 Å². The van der Waals surface area contributed by atoms with Gasteiger partial charge in [0, 0.05) is 30.1 Å². The molecule has 3 N–H and O–H groups in total. The third kappa shape index (κ3) is 7.46. The van der Waals surface area contributed by atoms with Crippen LogP contribution in [-0.2, 0) is 15.7 Å². The molecule has 0 atom stereocenters. The molecule has 1 aliphatic carbocycles. The molecule has 1 aromatic heterocycles. The van der Waals surface area contributed by atoms with E-state index in [1.54, 1.807) is 0 Å². The molecular weight excluding hydrogens is 501 g/mol. The van der Waals surface area contributed by atoms with Gasteiger partial charge in [0.1, 0.15) is 12.1 Å². The Morgan fingerprint density at radius 2 is 1.79 bits per heavy atom. The Morgan fingerprint density at radius 3 is 2.45 bits per heavy atom. The Labute approximate surface area is 219 Å². The number of anilines is 1. The van der Waals surface area contributed by atoms with Crippen LogP contribution in [0.1, 0.15) is 52.0 Å². The zero-order valence-corrected chi connectivity index (χ0v) is 21.9. The monoisotopic (exact) mass is 536 g/mol. The number of nitrogens with zero attached hydrogens (tertiary/aromatic N) is 3. The fraction of sp³-hybridized carbons (Fsp3) is 0.615. The minimum absolute atomic E-state index is 0.0328. The minimum Gasteiger partial charge on any atom is -0.449 e. The van der Waals surface area contributed by atoms with E-state index in [2.05, 4.69) is 30.8 Å². The average molecular weight is 537 g/mol. The van der Waals surface area contributed by atoms with E-state index in [-0.39, 0.29) is 41.3 Å². The van der Waals surface area contributed by atoms with Gasteiger partial charge in [0.2, 0.25) is 5.91 Å². The quantitative estimate of drug-likeness (QED) is 0.492. The lowest BCUT2D eigenvalue weighted by molar-refractivity contribution is -0.137. The van der Waals surface area contributed by atoms with Crippen LogP contribution in [0, 0.1) is 5.92 Å². The second kappa shape index (κ2) is 11.3. The standard InChI is InChI=1S/C26H35F3N6O3/c1-25(2,3)34-24(37)38-14-16-4-7-19(8-5-16)35-12-18(13-35)33-22(36)11-30-23-20-10-17(26(27,28)29)6-9-21(20)31-15-32-23/h6,9-10,15-16,18-19H,4-5,7-8,11-14H2,1-3H3,(H,33,36)(H,34,37)(H,30,31,32). The lowest BCUT2D eigenvalue weighted by Gasteiger charge is -2.46. The van der Waals surface area contributed by atoms with Crippen molar-refractivity contribution in [3.8, 4) is 0 Å². The summed E-state index contributed by atoms with van der Waals surface area (Å²) in [6.45, 7) is 7.58. The third-order valence-corrected chi connectivity index (χ3v) is 6.91. The molecule has 2 heterocycles. The Morgan fingerprint density at radius 1 is 1.08 bits per heavy atom. The molecule has 1 aromatic carbocycles. The summed E-state index contributed by atoms with van der Waals surface area (Å²) >= 11 is 0. The van der Waals surface area contributed by atoms with Crippen LogP contribution in [0.25, 0.3) is 10.9 Å². The van der Waals surface area contributed by atoms with Gasteiger partial charge in [0.15, 0.2) is 0 Å². The molecule has 1 aliphatic heterocycles. The zero-order chi connectivity index (χ0) is 27.5. The van der Waals surface area contributed by atoms with Gasteiger partial charge >= 0.3 is 12.3 Å². The second-order valence-electron chi connectivity index (χ2n) is 11.2. The van der Waals surface area contributed by atoms with Crippen molar-refractivity contribution < 1.29 is 27.5 Å². The van der Waals surface area contributed by atoms with E-state index in [0.717, 1.165) is 50.9 Å². The first kappa shape index (κ1) is 27.9. The summed E-state index contributed by atoms with van der Waals surface area (Å²) in [4.78, 5) is 34.7. The number of nitrogens with one attached hydrogen (secondary N) is 3. The van der Waals surface area contributed by atoms with Crippen molar-refractivity contribution in [2.75, 3.05) is 31.6 Å². The van der Waals surface area contributed by atoms with Gasteiger partial charge in [-0.15, -0.1) is 0 Å². The fourth-order valence-corrected chi connectivity index (χ4v) is 4.93. The number of halogens is 3. The largest absolute Gasteiger partial charge is 0.449 e. The van der Waals surface area contributed by atoms with Gasteiger partial charge in [0.25, 0.3) is 0 Å². The number of aromatic nitrogens is 2. The topological polar surface area (TPSA) is 108 Å². The van der Waals surface area contributed by atoms with E-state index >= 15 is 0 Å². The summed E-state index contributed by atoms with van der Waals surface area (Å²) in [6.07, 6.45) is 0.428. The molecule has 1 saturated heterocycles. The molecule has 208 valence electrons. The number of alkyl carbamates (subject to hydrolysis) is 1. The molecule has 2 fully saturated rings. The number of rotatable bonds is 7. The molecule has 1 saturated carbocycles. The number of carbonyl (C=O) groups excluding carboxylic acids is 2. The summed E-state index contributed by atoms with van der Waals surface area (Å²) < 4.78 is 44.7. The predicted molar refractivity (Wildman–Crippen MR) is 137 cm³/mol. The van der Waals surface area contributed by atoms with Crippen LogP contribution in [0.4, 0.5) is 23.8 Å². The summed E-state index contributed by atoms with van der Waals surface area (Å²) in [5.74, 6) is 0.302. The summed E-state index contributed by atoms with van der Waals surface area (Å²) in [6, 6.07) is 3.74. The van der Waals surface area contributed by atoms with Crippen molar-refractivity contribution >= 4 is 28.7 Å². The molecule has 0 radical (unpaired) electrons. The number of likely N-dealkylation sites (tertiary alicyclic amines) is 1. The maximum atomic E-state index is 13.1. The van der Waals surface area contributed by atoms with Crippen LogP contribution in [0.2, 0.25) is 0 Å². The molecule has 12 heteroatoms. The first-order valence-electron chi connectivity index (χ1n) is 12.9. The number of hydrogen-bond donors (Lipinski definition) is 3. The average Bonchev–Trinajstić information content (AvgIpc) is 2.82. The van der Waals surface area contributed by atoms with E-state index in [1.807, 2.05) is 20.8 Å². The second-order valence-corrected chi connectivity index (χ2v) is 11.2. The summed E-state index contributed by atoms with van der Waals surface area (Å²) in [5, 5.41) is 8.83. The van der Waals surface area contributed by atoms with Gasteiger partial charge in [-0.1, -0.05) is 0 Å². The van der Waals surface area contributed by atoms with Crippen molar-refractivity contribution in [1.82, 2.24) is 25.5 Å². The molecule has 2 aromatic rings. The smallest absolute Gasteiger partial charge is 0.416 e. The highest BCUT2D eigenvalue weighted by Gasteiger charge is 2.35. The number of ether oxygens (including phenoxy) is 1. The minimum atomic E-state index is -4.48. The van der Waals surface area contributed by atoms with Gasteiger partial charge in [-0.3, -0.25) is 9.69 Å². The molecule has 9 nitrogen and oxygen atoms in total. The molecule has 0 bridgehead atoms. The van der Waals surface area contributed by atoms with E-state index in [4.69, 9.17) is 4.74 Å². The van der Waals surface area contributed by atoms with E-state index in [0.29, 0.717) is 24.1 Å². The van der Waals surface area contributed by atoms with Gasteiger partial charge in [-0.05, 0) is 70.6 Å². The molecule has 0 spiro atoms. The summed E-state index contributed by atoms with van der Waals surface area (Å²) in [5.41, 5.74) is -0.756. The molecular formula is C26H35F3N6O3. The van der Waals surface area contributed by atoms with Crippen LogP contribution in [0.15, 0.2) is 24.5 Å². The first-order valence-corrected chi connectivity index (χ1v) is 12.9. The van der Waals surface area contributed by atoms with Gasteiger partial charge in [-0.2, -0.15) is 13.2 Å². The number of benzene rings is 1. The van der Waals surface area contributed by atoms with Crippen molar-refractivity contribution in [3.63, 3.8) is 0 Å². The van der Waals surface area contributed by atoms with E-state index < -0.39 is 11.7 Å². The summed E-state index contributed by atoms with van der Waals surface area (Å²) in [7, 11) is 0. The fourth-order valence-electron chi connectivity index (χ4n) is 4.93. The van der Waals surface area contributed by atoms with Gasteiger partial charge in [-0.25, -0.2) is 14.8 Å². The Kier molecular flexibility index (Phi) is 8.29. The maximum Gasteiger partial charge on any atom is 0.416 e. The highest BCUT2D eigenvalue weighted by Crippen LogP contribution is 2.33. The number of carbonyl (C=O) groups is 2. The normalized spacial score (nSPS) is 21.0. The number of hydrogen-bond acceptors (Lipinski definition) is 7. The Hall–Kier alpha value is -3.15. The first-order chi connectivity index (χ1) is 17.9. The Balaban J connectivity index is 1.16. The van der Waals surface area contributed by atoms with E-state index in [1.165, 1.54) is 12.4 Å². The van der Waals surface area contributed by atoms with Crippen LogP contribution < -0.4 is 16.0 Å². The third-order valence-electron chi connectivity index (χ3n) is 6.91. The molecule has 2 amide bonds. The van der Waals surface area contributed by atoms with Crippen LogP contribution >= 0.6 is 0 Å². The lowest BCUT2D eigenvalue weighted by Crippen LogP contribution is -2.63. The maximum absolute atomic E-state index is 13.1. The van der Waals surface area contributed by atoms with Crippen LogP contribution in [0.5, 0.6) is 0 Å². The van der Waals surface area contributed by atoms with Gasteiger partial charge < -0.3 is 20.7 Å².